The van der Waals surface area contributed by atoms with E-state index in [1.54, 1.807) is 6.07 Å². The van der Waals surface area contributed by atoms with Crippen LogP contribution in [0.15, 0.2) is 76.6 Å². The molecule has 0 saturated carbocycles. The van der Waals surface area contributed by atoms with Crippen molar-refractivity contribution in [1.82, 2.24) is 9.97 Å². The smallest absolute Gasteiger partial charge is 0.248 e. The molecule has 2 aromatic heterocycles. The van der Waals surface area contributed by atoms with Crippen LogP contribution in [-0.2, 0) is 12.0 Å². The molecular formula is C24H23N3O. The molecule has 4 heteroatoms. The molecule has 2 bridgehead atoms. The van der Waals surface area contributed by atoms with Gasteiger partial charge in [0.2, 0.25) is 5.56 Å². The highest BCUT2D eigenvalue weighted by Gasteiger charge is 2.47. The van der Waals surface area contributed by atoms with Crippen molar-refractivity contribution in [3.05, 3.63) is 93.4 Å². The summed E-state index contributed by atoms with van der Waals surface area (Å²) in [5, 5.41) is 4.91. The van der Waals surface area contributed by atoms with Crippen molar-refractivity contribution in [3.63, 3.8) is 0 Å². The summed E-state index contributed by atoms with van der Waals surface area (Å²) in [4.78, 5) is 19.9. The fraction of sp³-hybridized carbons (Fsp3) is 0.250. The number of fused-ring (bicyclic) bond motifs is 5. The number of allylic oxidation sites excluding steroid dienone is 2. The molecule has 0 radical (unpaired) electrons. The molecule has 2 heterocycles. The summed E-state index contributed by atoms with van der Waals surface area (Å²) in [7, 11) is 0. The van der Waals surface area contributed by atoms with Crippen LogP contribution in [0.1, 0.15) is 31.5 Å². The number of aromatic nitrogens is 2. The lowest BCUT2D eigenvalue weighted by molar-refractivity contribution is 0.439. The van der Waals surface area contributed by atoms with Gasteiger partial charge in [0.15, 0.2) is 0 Å². The van der Waals surface area contributed by atoms with Crippen LogP contribution in [-0.4, -0.2) is 9.97 Å². The molecule has 2 atom stereocenters. The molecule has 5 rings (SSSR count). The summed E-state index contributed by atoms with van der Waals surface area (Å²) in [6.45, 7) is 4.30. The van der Waals surface area contributed by atoms with E-state index in [0.717, 1.165) is 40.8 Å². The van der Waals surface area contributed by atoms with Crippen LogP contribution >= 0.6 is 0 Å². The van der Waals surface area contributed by atoms with Crippen LogP contribution in [0.3, 0.4) is 0 Å². The number of rotatable bonds is 2. The highest BCUT2D eigenvalue weighted by Crippen LogP contribution is 2.50. The summed E-state index contributed by atoms with van der Waals surface area (Å²) < 4.78 is 0. The lowest BCUT2D eigenvalue weighted by Gasteiger charge is -2.48. The minimum absolute atomic E-state index is 0.0413. The van der Waals surface area contributed by atoms with Crippen molar-refractivity contribution in [2.75, 3.05) is 5.32 Å². The normalized spacial score (nSPS) is 24.7. The first kappa shape index (κ1) is 17.0. The molecule has 140 valence electrons. The fourth-order valence-electron chi connectivity index (χ4n) is 5.05. The van der Waals surface area contributed by atoms with Gasteiger partial charge in [-0.15, -0.1) is 0 Å². The van der Waals surface area contributed by atoms with E-state index in [0.29, 0.717) is 0 Å². The van der Waals surface area contributed by atoms with Crippen molar-refractivity contribution in [2.24, 2.45) is 5.92 Å². The first-order valence-electron chi connectivity index (χ1n) is 9.80. The monoisotopic (exact) mass is 369 g/mol. The van der Waals surface area contributed by atoms with Crippen LogP contribution in [0.2, 0.25) is 0 Å². The predicted octanol–water partition coefficient (Wildman–Crippen LogP) is 4.70. The van der Waals surface area contributed by atoms with E-state index in [-0.39, 0.29) is 17.0 Å². The Morgan fingerprint density at radius 2 is 2.04 bits per heavy atom. The van der Waals surface area contributed by atoms with Gasteiger partial charge in [0.1, 0.15) is 5.82 Å². The molecule has 2 aliphatic rings. The number of pyridine rings is 2. The van der Waals surface area contributed by atoms with Crippen LogP contribution in [0.4, 0.5) is 5.82 Å². The van der Waals surface area contributed by atoms with Crippen molar-refractivity contribution < 1.29 is 0 Å². The quantitative estimate of drug-likeness (QED) is 0.644. The van der Waals surface area contributed by atoms with Gasteiger partial charge in [-0.1, -0.05) is 35.9 Å². The van der Waals surface area contributed by atoms with E-state index in [2.05, 4.69) is 48.4 Å². The highest BCUT2D eigenvalue weighted by molar-refractivity contribution is 5.80. The third-order valence-corrected chi connectivity index (χ3v) is 6.06. The first-order chi connectivity index (χ1) is 13.6. The summed E-state index contributed by atoms with van der Waals surface area (Å²) in [6, 6.07) is 15.9. The van der Waals surface area contributed by atoms with E-state index >= 15 is 0 Å². The van der Waals surface area contributed by atoms with E-state index in [9.17, 15) is 4.79 Å². The first-order valence-corrected chi connectivity index (χ1v) is 9.80. The Hall–Kier alpha value is -3.14. The van der Waals surface area contributed by atoms with Gasteiger partial charge in [-0.3, -0.25) is 4.79 Å². The lowest BCUT2D eigenvalue weighted by Crippen LogP contribution is -2.47. The van der Waals surface area contributed by atoms with E-state index < -0.39 is 0 Å². The molecule has 0 saturated heterocycles. The third-order valence-electron chi connectivity index (χ3n) is 6.06. The largest absolute Gasteiger partial charge is 0.356 e. The molecule has 0 spiro atoms. The molecule has 2 N–H and O–H groups in total. The molecule has 28 heavy (non-hydrogen) atoms. The van der Waals surface area contributed by atoms with Crippen LogP contribution < -0.4 is 10.9 Å². The minimum Gasteiger partial charge on any atom is -0.356 e. The number of anilines is 1. The SMILES string of the molecule is C/C=C1\[C@H]2C=C(C)C[C@]1(Nc1ccc3ccccc3n1)c1ccc(=O)[nH]c1C2. The molecular weight excluding hydrogens is 346 g/mol. The number of hydrogen-bond donors (Lipinski definition) is 2. The van der Waals surface area contributed by atoms with Gasteiger partial charge < -0.3 is 10.3 Å². The summed E-state index contributed by atoms with van der Waals surface area (Å²) in [6.07, 6.45) is 6.26. The number of aromatic amines is 1. The topological polar surface area (TPSA) is 57.8 Å². The number of nitrogens with one attached hydrogen (secondary N) is 2. The Balaban J connectivity index is 1.71. The van der Waals surface area contributed by atoms with E-state index in [1.165, 1.54) is 11.1 Å². The predicted molar refractivity (Wildman–Crippen MR) is 113 cm³/mol. The van der Waals surface area contributed by atoms with E-state index in [1.807, 2.05) is 30.3 Å². The Bertz CT molecular complexity index is 1200. The Morgan fingerprint density at radius 1 is 1.18 bits per heavy atom. The van der Waals surface area contributed by atoms with Gasteiger partial charge in [0, 0.05) is 28.6 Å². The second-order valence-corrected chi connectivity index (χ2v) is 7.88. The van der Waals surface area contributed by atoms with Crippen molar-refractivity contribution in [2.45, 2.75) is 32.2 Å². The zero-order chi connectivity index (χ0) is 19.3. The maximum atomic E-state index is 12.0. The standard InChI is InChI=1S/C24H23N3O/c1-3-18-17-12-15(2)14-24(18,19-9-11-23(28)26-21(19)13-17)27-22-10-8-16-6-4-5-7-20(16)25-22/h3-12,17H,13-14H2,1-2H3,(H,25,27)(H,26,28)/b18-3+/t17-,24+/m0/s1. The molecule has 3 aromatic rings. The second kappa shape index (κ2) is 6.20. The molecule has 0 aliphatic heterocycles. The van der Waals surface area contributed by atoms with Crippen molar-refractivity contribution in [3.8, 4) is 0 Å². The zero-order valence-corrected chi connectivity index (χ0v) is 16.1. The zero-order valence-electron chi connectivity index (χ0n) is 16.1. The van der Waals surface area contributed by atoms with E-state index in [4.69, 9.17) is 4.98 Å². The van der Waals surface area contributed by atoms with Crippen molar-refractivity contribution in [1.29, 1.82) is 0 Å². The molecule has 0 amide bonds. The fourth-order valence-corrected chi connectivity index (χ4v) is 5.05. The third kappa shape index (κ3) is 2.52. The van der Waals surface area contributed by atoms with Crippen LogP contribution in [0.25, 0.3) is 10.9 Å². The van der Waals surface area contributed by atoms with Gasteiger partial charge in [0.25, 0.3) is 0 Å². The Kier molecular flexibility index (Phi) is 3.76. The molecule has 0 fully saturated rings. The molecule has 0 unspecified atom stereocenters. The van der Waals surface area contributed by atoms with Gasteiger partial charge in [0.05, 0.1) is 11.1 Å². The van der Waals surface area contributed by atoms with Crippen molar-refractivity contribution >= 4 is 16.7 Å². The number of hydrogen-bond acceptors (Lipinski definition) is 3. The van der Waals surface area contributed by atoms with Gasteiger partial charge in [-0.05, 0) is 56.5 Å². The Labute approximate surface area is 164 Å². The molecule has 2 aliphatic carbocycles. The average Bonchev–Trinajstić information content (AvgIpc) is 2.67. The number of nitrogens with zero attached hydrogens (tertiary/aromatic N) is 1. The summed E-state index contributed by atoms with van der Waals surface area (Å²) in [5.41, 5.74) is 5.45. The van der Waals surface area contributed by atoms with Gasteiger partial charge in [-0.2, -0.15) is 0 Å². The lowest BCUT2D eigenvalue weighted by atomic mass is 9.63. The maximum Gasteiger partial charge on any atom is 0.248 e. The summed E-state index contributed by atoms with van der Waals surface area (Å²) >= 11 is 0. The average molecular weight is 369 g/mol. The second-order valence-electron chi connectivity index (χ2n) is 7.88. The van der Waals surface area contributed by atoms with Gasteiger partial charge >= 0.3 is 0 Å². The minimum atomic E-state index is -0.383. The van der Waals surface area contributed by atoms with Crippen LogP contribution in [0, 0.1) is 5.92 Å². The van der Waals surface area contributed by atoms with Gasteiger partial charge in [-0.25, -0.2) is 4.98 Å². The number of H-pyrrole nitrogens is 1. The van der Waals surface area contributed by atoms with Crippen LogP contribution in [0.5, 0.6) is 0 Å². The maximum absolute atomic E-state index is 12.0. The highest BCUT2D eigenvalue weighted by atomic mass is 16.1. The molecule has 4 nitrogen and oxygen atoms in total. The molecule has 1 aromatic carbocycles. The number of para-hydroxylation sites is 1. The number of benzene rings is 1. The Morgan fingerprint density at radius 3 is 2.89 bits per heavy atom. The summed E-state index contributed by atoms with van der Waals surface area (Å²) in [5.74, 6) is 1.14.